The van der Waals surface area contributed by atoms with Crippen LogP contribution in [0.3, 0.4) is 0 Å². The van der Waals surface area contributed by atoms with Crippen LogP contribution in [0, 0.1) is 10.1 Å². The van der Waals surface area contributed by atoms with E-state index in [1.54, 1.807) is 6.07 Å². The van der Waals surface area contributed by atoms with Crippen LogP contribution in [0.15, 0.2) is 15.0 Å². The van der Waals surface area contributed by atoms with E-state index in [0.717, 1.165) is 26.2 Å². The Kier molecular flexibility index (Phi) is 4.85. The number of halogens is 2. The number of aromatic nitrogens is 2. The van der Waals surface area contributed by atoms with Crippen LogP contribution in [0.4, 0.5) is 11.6 Å². The van der Waals surface area contributed by atoms with Crippen molar-refractivity contribution >= 4 is 54.5 Å². The first-order valence-electron chi connectivity index (χ1n) is 7.13. The van der Waals surface area contributed by atoms with Crippen molar-refractivity contribution in [2.24, 2.45) is 0 Å². The van der Waals surface area contributed by atoms with Gasteiger partial charge in [-0.15, -0.1) is 0 Å². The zero-order valence-electron chi connectivity index (χ0n) is 12.1. The van der Waals surface area contributed by atoms with Crippen LogP contribution in [0.1, 0.15) is 0 Å². The minimum atomic E-state index is -0.436. The zero-order chi connectivity index (χ0) is 16.6. The molecule has 0 saturated carbocycles. The largest absolute Gasteiger partial charge is 0.395 e. The number of imidazole rings is 1. The number of nitrogens with one attached hydrogen (secondary N) is 1. The van der Waals surface area contributed by atoms with Gasteiger partial charge in [-0.25, -0.2) is 4.98 Å². The summed E-state index contributed by atoms with van der Waals surface area (Å²) in [6.07, 6.45) is 0. The van der Waals surface area contributed by atoms with Crippen molar-refractivity contribution in [3.8, 4) is 0 Å². The smallest absolute Gasteiger partial charge is 0.312 e. The van der Waals surface area contributed by atoms with E-state index in [4.69, 9.17) is 0 Å². The van der Waals surface area contributed by atoms with E-state index in [1.807, 2.05) is 4.57 Å². The lowest BCUT2D eigenvalue weighted by molar-refractivity contribution is -0.384. The van der Waals surface area contributed by atoms with Crippen LogP contribution in [-0.4, -0.2) is 52.4 Å². The molecule has 2 aromatic rings. The molecule has 0 aliphatic carbocycles. The summed E-state index contributed by atoms with van der Waals surface area (Å²) in [7, 11) is 0. The minimum Gasteiger partial charge on any atom is -0.395 e. The first-order valence-corrected chi connectivity index (χ1v) is 8.72. The van der Waals surface area contributed by atoms with E-state index in [2.05, 4.69) is 47.1 Å². The zero-order valence-corrected chi connectivity index (χ0v) is 15.3. The van der Waals surface area contributed by atoms with E-state index >= 15 is 0 Å². The van der Waals surface area contributed by atoms with Crippen molar-refractivity contribution < 1.29 is 10.0 Å². The number of aliphatic hydroxyl groups is 1. The van der Waals surface area contributed by atoms with Crippen LogP contribution < -0.4 is 10.2 Å². The second-order valence-corrected chi connectivity index (χ2v) is 6.82. The number of hydrogen-bond acceptors (Lipinski definition) is 6. The molecule has 1 fully saturated rings. The quantitative estimate of drug-likeness (QED) is 0.547. The Morgan fingerprint density at radius 3 is 2.70 bits per heavy atom. The molecule has 0 atom stereocenters. The standard InChI is InChI=1S/C13H15Br2N5O3/c14-8-7-9-11(12(10(8)15)20(22)23)17-13(19(9)5-6-21)18-3-1-16-2-4-18/h7,16,21H,1-6H2. The summed E-state index contributed by atoms with van der Waals surface area (Å²) in [5, 5.41) is 24.1. The van der Waals surface area contributed by atoms with Gasteiger partial charge in [-0.3, -0.25) is 10.1 Å². The van der Waals surface area contributed by atoms with Gasteiger partial charge in [-0.05, 0) is 37.9 Å². The van der Waals surface area contributed by atoms with E-state index in [1.165, 1.54) is 0 Å². The number of nitrogens with zero attached hydrogens (tertiary/aromatic N) is 4. The van der Waals surface area contributed by atoms with Gasteiger partial charge in [0.25, 0.3) is 0 Å². The summed E-state index contributed by atoms with van der Waals surface area (Å²) < 4.78 is 2.79. The molecule has 8 nitrogen and oxygen atoms in total. The molecule has 0 spiro atoms. The predicted molar refractivity (Wildman–Crippen MR) is 94.0 cm³/mol. The molecule has 124 valence electrons. The Labute approximate surface area is 148 Å². The number of aliphatic hydroxyl groups excluding tert-OH is 1. The number of rotatable bonds is 4. The maximum atomic E-state index is 11.5. The molecular formula is C13H15Br2N5O3. The predicted octanol–water partition coefficient (Wildman–Crippen LogP) is 1.87. The van der Waals surface area contributed by atoms with Crippen molar-refractivity contribution in [1.29, 1.82) is 0 Å². The number of hydrogen-bond donors (Lipinski definition) is 2. The number of fused-ring (bicyclic) bond motifs is 1. The molecule has 1 aromatic carbocycles. The van der Waals surface area contributed by atoms with Gasteiger partial charge in [-0.2, -0.15) is 0 Å². The van der Waals surface area contributed by atoms with Crippen LogP contribution >= 0.6 is 31.9 Å². The highest BCUT2D eigenvalue weighted by Gasteiger charge is 2.27. The van der Waals surface area contributed by atoms with Crippen molar-refractivity contribution in [3.63, 3.8) is 0 Å². The van der Waals surface area contributed by atoms with Gasteiger partial charge in [0.05, 0.1) is 17.0 Å². The van der Waals surface area contributed by atoms with Crippen LogP contribution in [0.5, 0.6) is 0 Å². The molecule has 0 unspecified atom stereocenters. The Morgan fingerprint density at radius 1 is 1.39 bits per heavy atom. The maximum Gasteiger partial charge on any atom is 0.312 e. The maximum absolute atomic E-state index is 11.5. The molecule has 3 rings (SSSR count). The monoisotopic (exact) mass is 447 g/mol. The van der Waals surface area contributed by atoms with Gasteiger partial charge in [0.15, 0.2) is 5.52 Å². The lowest BCUT2D eigenvalue weighted by Crippen LogP contribution is -2.44. The van der Waals surface area contributed by atoms with Gasteiger partial charge in [0.2, 0.25) is 5.95 Å². The van der Waals surface area contributed by atoms with Crippen LogP contribution in [0.25, 0.3) is 11.0 Å². The highest BCUT2D eigenvalue weighted by atomic mass is 79.9. The average molecular weight is 449 g/mol. The number of benzene rings is 1. The van der Waals surface area contributed by atoms with Gasteiger partial charge < -0.3 is 19.9 Å². The second-order valence-electron chi connectivity index (χ2n) is 5.17. The first kappa shape index (κ1) is 16.6. The van der Waals surface area contributed by atoms with Gasteiger partial charge >= 0.3 is 5.69 Å². The number of anilines is 1. The molecule has 10 heteroatoms. The fourth-order valence-corrected chi connectivity index (χ4v) is 3.62. The van der Waals surface area contributed by atoms with Crippen molar-refractivity contribution in [2.75, 3.05) is 37.7 Å². The third-order valence-corrected chi connectivity index (χ3v) is 5.76. The number of nitro groups is 1. The molecule has 2 heterocycles. The van der Waals surface area contributed by atoms with Gasteiger partial charge in [0, 0.05) is 37.2 Å². The Bertz CT molecular complexity index is 758. The summed E-state index contributed by atoms with van der Waals surface area (Å²) >= 11 is 6.61. The first-order chi connectivity index (χ1) is 11.0. The van der Waals surface area contributed by atoms with Crippen molar-refractivity contribution in [3.05, 3.63) is 25.1 Å². The molecule has 0 amide bonds. The van der Waals surface area contributed by atoms with E-state index in [9.17, 15) is 15.2 Å². The lowest BCUT2D eigenvalue weighted by Gasteiger charge is -2.28. The highest BCUT2D eigenvalue weighted by Crippen LogP contribution is 2.40. The van der Waals surface area contributed by atoms with Gasteiger partial charge in [0.1, 0.15) is 4.47 Å². The van der Waals surface area contributed by atoms with Crippen LogP contribution in [0.2, 0.25) is 0 Å². The summed E-state index contributed by atoms with van der Waals surface area (Å²) in [4.78, 5) is 17.7. The fourth-order valence-electron chi connectivity index (χ4n) is 2.77. The average Bonchev–Trinajstić information content (AvgIpc) is 2.87. The minimum absolute atomic E-state index is 0.0635. The Balaban J connectivity index is 2.26. The number of piperazine rings is 1. The molecular weight excluding hydrogens is 434 g/mol. The molecule has 1 aromatic heterocycles. The third-order valence-electron chi connectivity index (χ3n) is 3.80. The summed E-state index contributed by atoms with van der Waals surface area (Å²) in [6, 6.07) is 1.79. The van der Waals surface area contributed by atoms with Gasteiger partial charge in [-0.1, -0.05) is 0 Å². The van der Waals surface area contributed by atoms with E-state index in [-0.39, 0.29) is 12.3 Å². The van der Waals surface area contributed by atoms with E-state index < -0.39 is 4.92 Å². The molecule has 23 heavy (non-hydrogen) atoms. The molecule has 1 saturated heterocycles. The highest BCUT2D eigenvalue weighted by molar-refractivity contribution is 9.13. The second kappa shape index (κ2) is 6.71. The summed E-state index contributed by atoms with van der Waals surface area (Å²) in [6.45, 7) is 3.47. The molecule has 1 aliphatic heterocycles. The normalized spacial score (nSPS) is 15.3. The third kappa shape index (κ3) is 2.95. The molecule has 2 N–H and O–H groups in total. The van der Waals surface area contributed by atoms with E-state index in [0.29, 0.717) is 32.5 Å². The summed E-state index contributed by atoms with van der Waals surface area (Å²) in [5.74, 6) is 0.656. The van der Waals surface area contributed by atoms with Crippen molar-refractivity contribution in [2.45, 2.75) is 6.54 Å². The SMILES string of the molecule is O=[N+]([O-])c1c(Br)c(Br)cc2c1nc(N1CCNCC1)n2CCO. The lowest BCUT2D eigenvalue weighted by atomic mass is 10.2. The fraction of sp³-hybridized carbons (Fsp3) is 0.462. The summed E-state index contributed by atoms with van der Waals surface area (Å²) in [5.41, 5.74) is 0.892. The molecule has 0 radical (unpaired) electrons. The Hall–Kier alpha value is -1.23. The Morgan fingerprint density at radius 2 is 2.09 bits per heavy atom. The topological polar surface area (TPSA) is 96.5 Å². The molecule has 0 bridgehead atoms. The molecule has 1 aliphatic rings. The van der Waals surface area contributed by atoms with Crippen LogP contribution in [-0.2, 0) is 6.54 Å². The van der Waals surface area contributed by atoms with Crippen molar-refractivity contribution in [1.82, 2.24) is 14.9 Å². The number of nitro benzene ring substituents is 1.